The van der Waals surface area contributed by atoms with E-state index in [0.29, 0.717) is 5.25 Å². The molecule has 0 aliphatic heterocycles. The summed E-state index contributed by atoms with van der Waals surface area (Å²) in [7, 11) is 1.31. The molecular formula is C38H47IN6O4S2. The van der Waals surface area contributed by atoms with Crippen molar-refractivity contribution in [2.45, 2.75) is 106 Å². The highest BCUT2D eigenvalue weighted by molar-refractivity contribution is 14.1. The van der Waals surface area contributed by atoms with E-state index in [0.717, 1.165) is 55.2 Å². The highest BCUT2D eigenvalue weighted by atomic mass is 127. The minimum absolute atomic E-state index is 0.250. The van der Waals surface area contributed by atoms with Crippen LogP contribution in [-0.2, 0) is 32.0 Å². The second kappa shape index (κ2) is 23.1. The lowest BCUT2D eigenvalue weighted by Crippen LogP contribution is -2.04. The maximum atomic E-state index is 9.84. The fraction of sp³-hybridized carbons (Fsp3) is 0.421. The largest absolute Gasteiger partial charge is 0.466 e. The van der Waals surface area contributed by atoms with Crippen LogP contribution < -0.4 is 0 Å². The van der Waals surface area contributed by atoms with E-state index in [1.54, 1.807) is 0 Å². The lowest BCUT2D eigenvalue weighted by Gasteiger charge is -2.13. The first kappa shape index (κ1) is 41.9. The summed E-state index contributed by atoms with van der Waals surface area (Å²) in [6.07, 6.45) is 25.7. The Labute approximate surface area is 323 Å². The average Bonchev–Trinajstić information content (AvgIpc) is 3.98. The van der Waals surface area contributed by atoms with E-state index in [1.807, 2.05) is 67.4 Å². The van der Waals surface area contributed by atoms with Crippen LogP contribution >= 0.6 is 46.1 Å². The molecule has 0 N–H and O–H groups in total. The molecule has 0 spiro atoms. The van der Waals surface area contributed by atoms with Gasteiger partial charge in [0.05, 0.1) is 48.0 Å². The molecule has 2 fully saturated rings. The van der Waals surface area contributed by atoms with Crippen molar-refractivity contribution in [3.05, 3.63) is 88.6 Å². The first-order valence-corrected chi connectivity index (χ1v) is 20.0. The third-order valence-corrected chi connectivity index (χ3v) is 11.6. The summed E-state index contributed by atoms with van der Waals surface area (Å²) in [6.45, 7) is 9.59. The molecule has 10 nitrogen and oxygen atoms in total. The van der Waals surface area contributed by atoms with Gasteiger partial charge in [-0.15, -0.1) is 0 Å². The number of carbonyl (C=O) groups is 1. The Bertz CT molecular complexity index is 1710. The van der Waals surface area contributed by atoms with Crippen molar-refractivity contribution in [3.63, 3.8) is 0 Å². The Morgan fingerprint density at radius 2 is 1.37 bits per heavy atom. The second-order valence-electron chi connectivity index (χ2n) is 11.5. The molecule has 0 unspecified atom stereocenters. The van der Waals surface area contributed by atoms with Gasteiger partial charge in [0.1, 0.15) is 3.70 Å². The van der Waals surface area contributed by atoms with Crippen molar-refractivity contribution >= 4 is 64.3 Å². The smallest absolute Gasteiger partial charge is 0.373 e. The summed E-state index contributed by atoms with van der Waals surface area (Å²) in [4.78, 5) is 44.4. The molecule has 0 saturated heterocycles. The maximum absolute atomic E-state index is 9.84. The van der Waals surface area contributed by atoms with Gasteiger partial charge in [0.2, 0.25) is 0 Å². The van der Waals surface area contributed by atoms with Crippen LogP contribution in [-0.4, -0.2) is 58.8 Å². The van der Waals surface area contributed by atoms with Crippen molar-refractivity contribution in [2.24, 2.45) is 0 Å². The molecule has 0 bridgehead atoms. The van der Waals surface area contributed by atoms with Gasteiger partial charge in [0, 0.05) is 29.0 Å². The molecule has 4 aromatic heterocycles. The van der Waals surface area contributed by atoms with Crippen LogP contribution in [0.2, 0.25) is 0 Å². The lowest BCUT2D eigenvalue weighted by molar-refractivity contribution is -0.191. The van der Waals surface area contributed by atoms with Gasteiger partial charge in [-0.1, -0.05) is 75.7 Å². The Morgan fingerprint density at radius 1 is 0.902 bits per heavy atom. The van der Waals surface area contributed by atoms with Crippen molar-refractivity contribution in [1.29, 1.82) is 0 Å². The number of allylic oxidation sites excluding steroid dienone is 1. The third-order valence-electron chi connectivity index (χ3n) is 8.19. The maximum Gasteiger partial charge on any atom is 0.373 e. The minimum Gasteiger partial charge on any atom is -0.466 e. The summed E-state index contributed by atoms with van der Waals surface area (Å²) in [5, 5.41) is 3.69. The Balaban J connectivity index is 0.000000224. The quantitative estimate of drug-likeness (QED) is 0.0869. The van der Waals surface area contributed by atoms with E-state index in [1.165, 1.54) is 69.9 Å². The molecule has 0 amide bonds. The molecule has 13 heteroatoms. The van der Waals surface area contributed by atoms with Gasteiger partial charge in [-0.3, -0.25) is 19.1 Å². The molecule has 4 aromatic rings. The molecule has 0 radical (unpaired) electrons. The highest BCUT2D eigenvalue weighted by Gasteiger charge is 2.24. The van der Waals surface area contributed by atoms with Crippen LogP contribution in [0.3, 0.4) is 0 Å². The number of hydrogen-bond donors (Lipinski definition) is 0. The van der Waals surface area contributed by atoms with E-state index in [2.05, 4.69) is 91.1 Å². The molecule has 0 aromatic carbocycles. The number of nitrogens with zero attached hydrogens (tertiary/aromatic N) is 6. The summed E-state index contributed by atoms with van der Waals surface area (Å²) >= 11 is 6.24. The van der Waals surface area contributed by atoms with Crippen molar-refractivity contribution < 1.29 is 19.1 Å². The van der Waals surface area contributed by atoms with Crippen LogP contribution in [0.25, 0.3) is 17.5 Å². The van der Waals surface area contributed by atoms with Gasteiger partial charge < -0.3 is 4.74 Å². The number of halogens is 1. The van der Waals surface area contributed by atoms with Crippen LogP contribution in [0.4, 0.5) is 0 Å². The highest BCUT2D eigenvalue weighted by Crippen LogP contribution is 2.38. The normalized spacial score (nSPS) is 14.1. The summed E-state index contributed by atoms with van der Waals surface area (Å²) in [5.41, 5.74) is 5.89. The molecule has 4 heterocycles. The number of pyridine rings is 2. The zero-order chi connectivity index (χ0) is 37.0. The van der Waals surface area contributed by atoms with Crippen LogP contribution in [0, 0.1) is 3.70 Å². The summed E-state index contributed by atoms with van der Waals surface area (Å²) in [6, 6.07) is 8.22. The number of carbonyl (C=O) groups excluding carboxylic acids is 3. The number of hydrogen-bond acceptors (Lipinski definition) is 10. The van der Waals surface area contributed by atoms with Crippen LogP contribution in [0.5, 0.6) is 0 Å². The van der Waals surface area contributed by atoms with Gasteiger partial charge in [-0.2, -0.15) is 9.59 Å². The van der Waals surface area contributed by atoms with Crippen LogP contribution in [0.15, 0.2) is 78.1 Å². The minimum atomic E-state index is -0.394. The predicted molar refractivity (Wildman–Crippen MR) is 212 cm³/mol. The predicted octanol–water partition coefficient (Wildman–Crippen LogP) is 9.13. The first-order chi connectivity index (χ1) is 24.8. The molecule has 0 atom stereocenters. The first-order valence-electron chi connectivity index (χ1n) is 17.2. The number of methoxy groups -OCH3 is 1. The van der Waals surface area contributed by atoms with E-state index in [-0.39, 0.29) is 6.15 Å². The zero-order valence-electron chi connectivity index (χ0n) is 29.8. The number of aromatic nitrogens is 6. The fourth-order valence-electron chi connectivity index (χ4n) is 5.84. The Hall–Kier alpha value is -3.52. The summed E-state index contributed by atoms with van der Waals surface area (Å²) < 4.78 is 9.85. The van der Waals surface area contributed by atoms with E-state index in [4.69, 9.17) is 19.6 Å². The second-order valence-corrected chi connectivity index (χ2v) is 15.1. The van der Waals surface area contributed by atoms with Crippen molar-refractivity contribution in [2.75, 3.05) is 7.11 Å². The number of thioether (sulfide) groups is 2. The Kier molecular flexibility index (Phi) is 19.0. The van der Waals surface area contributed by atoms with Crippen molar-refractivity contribution in [1.82, 2.24) is 29.1 Å². The summed E-state index contributed by atoms with van der Waals surface area (Å²) in [5.74, 6) is -0.394. The number of rotatable bonds is 10. The zero-order valence-corrected chi connectivity index (χ0v) is 33.6. The lowest BCUT2D eigenvalue weighted by atomic mass is 10.2. The molecule has 51 heavy (non-hydrogen) atoms. The van der Waals surface area contributed by atoms with E-state index < -0.39 is 5.97 Å². The molecule has 2 aliphatic carbocycles. The number of esters is 1. The topological polar surface area (TPSA) is 122 Å². The average molecular weight is 843 g/mol. The monoisotopic (exact) mass is 842 g/mol. The SMILES string of the molecule is C/C=C/c1nc(SC2CCCC2)n(-c2cccnc2)c1CC.C=CC(=O)OC.CCc1c(I)nc(SC2CCCC2)n1-c1cccnc1.O=C=O. The molecule has 2 saturated carbocycles. The third kappa shape index (κ3) is 12.6. The van der Waals surface area contributed by atoms with E-state index in [9.17, 15) is 4.79 Å². The molecule has 6 rings (SSSR count). The van der Waals surface area contributed by atoms with Crippen LogP contribution in [0.1, 0.15) is 89.2 Å². The number of imidazole rings is 2. The van der Waals surface area contributed by atoms with Gasteiger partial charge in [0.25, 0.3) is 0 Å². The van der Waals surface area contributed by atoms with Gasteiger partial charge in [0.15, 0.2) is 10.3 Å². The van der Waals surface area contributed by atoms with Gasteiger partial charge >= 0.3 is 12.1 Å². The standard InChI is InChI=1S/C18H23N3S.C15H18IN3S.C4H6O2.CO2/c1-3-8-16-17(4-2)21(14-9-7-12-19-13-14)18(20-16)22-15-10-5-6-11-15;1-2-13-14(16)18-15(20-12-7-3-4-8-12)19(13)11-6-5-9-17-10-11;1-3-4(5)6-2;2-1-3/h3,7-9,12-13,15H,4-6,10-11H2,1-2H3;5-6,9-10,12H,2-4,7-8H2,1H3;3H,1H2,2H3;/b8-3+;;;. The Morgan fingerprint density at radius 3 is 1.75 bits per heavy atom. The number of ether oxygens (including phenoxy) is 1. The van der Waals surface area contributed by atoms with Gasteiger partial charge in [-0.25, -0.2) is 14.8 Å². The fourth-order valence-corrected chi connectivity index (χ4v) is 9.53. The molecule has 272 valence electrons. The molecular weight excluding hydrogens is 795 g/mol. The molecule has 2 aliphatic rings. The van der Waals surface area contributed by atoms with Gasteiger partial charge in [-0.05, 0) is 98.4 Å². The van der Waals surface area contributed by atoms with E-state index >= 15 is 0 Å². The van der Waals surface area contributed by atoms with Crippen molar-refractivity contribution in [3.8, 4) is 11.4 Å².